The van der Waals surface area contributed by atoms with Crippen LogP contribution in [0.15, 0.2) is 34.7 Å². The van der Waals surface area contributed by atoms with Gasteiger partial charge in [0.2, 0.25) is 5.89 Å². The number of hydrogen-bond donors (Lipinski definition) is 1. The maximum absolute atomic E-state index is 12.7. The minimum Gasteiger partial charge on any atom is -0.406 e. The van der Waals surface area contributed by atoms with E-state index in [1.54, 1.807) is 4.90 Å². The van der Waals surface area contributed by atoms with Crippen LogP contribution in [0.4, 0.5) is 19.2 Å². The third-order valence-electron chi connectivity index (χ3n) is 4.27. The van der Waals surface area contributed by atoms with Crippen molar-refractivity contribution in [1.29, 1.82) is 0 Å². The molecule has 1 aliphatic heterocycles. The van der Waals surface area contributed by atoms with Crippen molar-refractivity contribution < 1.29 is 17.6 Å². The smallest absolute Gasteiger partial charge is 0.391 e. The molecule has 1 aromatic heterocycles. The lowest BCUT2D eigenvalue weighted by Gasteiger charge is -2.31. The molecule has 2 heterocycles. The first-order chi connectivity index (χ1) is 11.4. The molecular formula is C16H19F3N4O. The summed E-state index contributed by atoms with van der Waals surface area (Å²) in [4.78, 5) is 1.69. The number of hydrogen-bond acceptors (Lipinski definition) is 5. The number of halogens is 3. The predicted molar refractivity (Wildman–Crippen MR) is 82.4 cm³/mol. The van der Waals surface area contributed by atoms with E-state index in [-0.39, 0.29) is 31.9 Å². The van der Waals surface area contributed by atoms with Gasteiger partial charge >= 0.3 is 12.2 Å². The summed E-state index contributed by atoms with van der Waals surface area (Å²) in [7, 11) is 0. The molecule has 1 aromatic carbocycles. The first-order valence-electron chi connectivity index (χ1n) is 7.88. The van der Waals surface area contributed by atoms with Crippen molar-refractivity contribution in [3.63, 3.8) is 0 Å². The summed E-state index contributed by atoms with van der Waals surface area (Å²) < 4.78 is 43.7. The topological polar surface area (TPSA) is 68.2 Å². The van der Waals surface area contributed by atoms with Crippen LogP contribution < -0.4 is 10.6 Å². The average Bonchev–Trinajstić information content (AvgIpc) is 3.05. The lowest BCUT2D eigenvalue weighted by Crippen LogP contribution is -2.39. The maximum Gasteiger partial charge on any atom is 0.391 e. The zero-order valence-corrected chi connectivity index (χ0v) is 13.0. The fraction of sp³-hybridized carbons (Fsp3) is 0.500. The van der Waals surface area contributed by atoms with Crippen LogP contribution in [0.3, 0.4) is 0 Å². The maximum atomic E-state index is 12.7. The highest BCUT2D eigenvalue weighted by Gasteiger charge is 2.41. The second-order valence-corrected chi connectivity index (χ2v) is 6.02. The van der Waals surface area contributed by atoms with Gasteiger partial charge in [0.05, 0.1) is 12.0 Å². The molecule has 8 heteroatoms. The lowest BCUT2D eigenvalue weighted by molar-refractivity contribution is -0.179. The Balaban J connectivity index is 1.60. The minimum absolute atomic E-state index is 0.0390. The largest absolute Gasteiger partial charge is 0.406 e. The van der Waals surface area contributed by atoms with E-state index in [9.17, 15) is 13.2 Å². The highest BCUT2D eigenvalue weighted by Crippen LogP contribution is 2.35. The Kier molecular flexibility index (Phi) is 4.75. The van der Waals surface area contributed by atoms with Crippen LogP contribution in [0, 0.1) is 5.92 Å². The Morgan fingerprint density at radius 1 is 1.17 bits per heavy atom. The number of piperidine rings is 1. The Hall–Kier alpha value is -2.09. The van der Waals surface area contributed by atoms with Gasteiger partial charge in [-0.15, -0.1) is 5.10 Å². The molecule has 1 saturated heterocycles. The number of nitrogens with zero attached hydrogens (tertiary/aromatic N) is 3. The Morgan fingerprint density at radius 2 is 1.83 bits per heavy atom. The number of aromatic nitrogens is 2. The monoisotopic (exact) mass is 340 g/mol. The Bertz CT molecular complexity index is 651. The summed E-state index contributed by atoms with van der Waals surface area (Å²) in [5.41, 5.74) is 7.14. The summed E-state index contributed by atoms with van der Waals surface area (Å²) in [6, 6.07) is 9.48. The highest BCUT2D eigenvalue weighted by molar-refractivity contribution is 5.25. The fourth-order valence-electron chi connectivity index (χ4n) is 2.86. The lowest BCUT2D eigenvalue weighted by atomic mass is 9.97. The van der Waals surface area contributed by atoms with E-state index < -0.39 is 18.1 Å². The fourth-order valence-corrected chi connectivity index (χ4v) is 2.86. The van der Waals surface area contributed by atoms with Crippen LogP contribution >= 0.6 is 0 Å². The van der Waals surface area contributed by atoms with E-state index >= 15 is 0 Å². The average molecular weight is 340 g/mol. The number of benzene rings is 1. The third-order valence-corrected chi connectivity index (χ3v) is 4.27. The first kappa shape index (κ1) is 16.8. The van der Waals surface area contributed by atoms with E-state index in [0.717, 1.165) is 5.56 Å². The van der Waals surface area contributed by atoms with Gasteiger partial charge < -0.3 is 15.1 Å². The molecule has 1 atom stereocenters. The minimum atomic E-state index is -4.13. The molecule has 2 aromatic rings. The van der Waals surface area contributed by atoms with Crippen LogP contribution in [0.5, 0.6) is 0 Å². The molecule has 5 nitrogen and oxygen atoms in total. The van der Waals surface area contributed by atoms with Crippen LogP contribution in [0.2, 0.25) is 0 Å². The molecule has 2 N–H and O–H groups in total. The highest BCUT2D eigenvalue weighted by atomic mass is 19.4. The van der Waals surface area contributed by atoms with Gasteiger partial charge in [-0.2, -0.15) is 13.2 Å². The van der Waals surface area contributed by atoms with E-state index in [0.29, 0.717) is 12.3 Å². The molecule has 0 aliphatic carbocycles. The van der Waals surface area contributed by atoms with Crippen LogP contribution in [-0.2, 0) is 6.42 Å². The molecule has 0 radical (unpaired) electrons. The Labute approximate surface area is 137 Å². The SMILES string of the molecule is N[C@H](Cc1ccccc1)c1nnc(N2CCC(C(F)(F)F)CC2)o1. The standard InChI is InChI=1S/C16H19F3N4O/c17-16(18,19)12-6-8-23(9-7-12)15-22-21-14(24-15)13(20)10-11-4-2-1-3-5-11/h1-5,12-13H,6-10,20H2/t13-/m1/s1. The van der Waals surface area contributed by atoms with Gasteiger partial charge in [-0.3, -0.25) is 0 Å². The van der Waals surface area contributed by atoms with Crippen molar-refractivity contribution in [3.8, 4) is 0 Å². The van der Waals surface area contributed by atoms with Gasteiger partial charge in [-0.05, 0) is 24.8 Å². The third kappa shape index (κ3) is 3.87. The normalized spacial score (nSPS) is 17.9. The molecule has 0 saturated carbocycles. The number of rotatable bonds is 4. The molecule has 0 amide bonds. The molecule has 3 rings (SSSR count). The van der Waals surface area contributed by atoms with Crippen LogP contribution in [-0.4, -0.2) is 29.5 Å². The summed E-state index contributed by atoms with van der Waals surface area (Å²) in [5.74, 6) is -0.955. The second-order valence-electron chi connectivity index (χ2n) is 6.02. The molecule has 0 bridgehead atoms. The zero-order valence-electron chi connectivity index (χ0n) is 13.0. The first-order valence-corrected chi connectivity index (χ1v) is 7.88. The summed E-state index contributed by atoms with van der Waals surface area (Å²) >= 11 is 0. The van der Waals surface area contributed by atoms with Gasteiger partial charge in [0.1, 0.15) is 0 Å². The van der Waals surface area contributed by atoms with Crippen LogP contribution in [0.1, 0.15) is 30.3 Å². The molecule has 1 fully saturated rings. The van der Waals surface area contributed by atoms with E-state index in [2.05, 4.69) is 10.2 Å². The second kappa shape index (κ2) is 6.80. The van der Waals surface area contributed by atoms with Gasteiger partial charge in [0, 0.05) is 13.1 Å². The van der Waals surface area contributed by atoms with Crippen molar-refractivity contribution in [2.75, 3.05) is 18.0 Å². The van der Waals surface area contributed by atoms with Gasteiger partial charge in [0.15, 0.2) is 0 Å². The molecule has 130 valence electrons. The summed E-state index contributed by atoms with van der Waals surface area (Å²) in [6.07, 6.45) is -3.50. The van der Waals surface area contributed by atoms with Crippen molar-refractivity contribution in [2.45, 2.75) is 31.5 Å². The van der Waals surface area contributed by atoms with E-state index in [1.165, 1.54) is 0 Å². The van der Waals surface area contributed by atoms with Gasteiger partial charge in [-0.1, -0.05) is 35.4 Å². The van der Waals surface area contributed by atoms with Crippen molar-refractivity contribution in [3.05, 3.63) is 41.8 Å². The quantitative estimate of drug-likeness (QED) is 0.926. The molecule has 0 spiro atoms. The van der Waals surface area contributed by atoms with Crippen molar-refractivity contribution >= 4 is 6.01 Å². The number of nitrogens with two attached hydrogens (primary N) is 1. The van der Waals surface area contributed by atoms with Gasteiger partial charge in [-0.25, -0.2) is 0 Å². The van der Waals surface area contributed by atoms with E-state index in [1.807, 2.05) is 30.3 Å². The molecule has 1 aliphatic rings. The van der Waals surface area contributed by atoms with Crippen molar-refractivity contribution in [2.24, 2.45) is 11.7 Å². The molecule has 24 heavy (non-hydrogen) atoms. The van der Waals surface area contributed by atoms with Crippen molar-refractivity contribution in [1.82, 2.24) is 10.2 Å². The summed E-state index contributed by atoms with van der Waals surface area (Å²) in [5, 5.41) is 7.89. The van der Waals surface area contributed by atoms with Gasteiger partial charge in [0.25, 0.3) is 0 Å². The van der Waals surface area contributed by atoms with E-state index in [4.69, 9.17) is 10.2 Å². The Morgan fingerprint density at radius 3 is 2.46 bits per heavy atom. The van der Waals surface area contributed by atoms with Crippen LogP contribution in [0.25, 0.3) is 0 Å². The molecule has 0 unspecified atom stereocenters. The molecular weight excluding hydrogens is 321 g/mol. The number of anilines is 1. The predicted octanol–water partition coefficient (Wildman–Crippen LogP) is 3.09. The number of alkyl halides is 3. The zero-order chi connectivity index (χ0) is 17.2. The summed E-state index contributed by atoms with van der Waals surface area (Å²) in [6.45, 7) is 0.499.